The van der Waals surface area contributed by atoms with Crippen molar-refractivity contribution in [1.82, 2.24) is 23.7 Å². The fourth-order valence-electron chi connectivity index (χ4n) is 8.26. The first-order valence-electron chi connectivity index (χ1n) is 24.8. The lowest BCUT2D eigenvalue weighted by atomic mass is 10.1. The van der Waals surface area contributed by atoms with E-state index in [1.54, 1.807) is 30.3 Å². The van der Waals surface area contributed by atoms with Crippen LogP contribution in [0, 0.1) is 22.7 Å². The van der Waals surface area contributed by atoms with Crippen molar-refractivity contribution in [2.45, 2.75) is 53.3 Å². The van der Waals surface area contributed by atoms with E-state index >= 15 is 0 Å². The Labute approximate surface area is 495 Å². The highest BCUT2D eigenvalue weighted by atomic mass is 32.2. The van der Waals surface area contributed by atoms with Gasteiger partial charge in [0.2, 0.25) is 11.9 Å². The van der Waals surface area contributed by atoms with Gasteiger partial charge < -0.3 is 29.9 Å². The molecule has 0 saturated carbocycles. The van der Waals surface area contributed by atoms with E-state index in [0.717, 1.165) is 58.3 Å². The number of nitriles is 2. The molecule has 0 radical (unpaired) electrons. The third-order valence-electron chi connectivity index (χ3n) is 12.4. The lowest BCUT2D eigenvalue weighted by Crippen LogP contribution is -2.21. The molecule has 84 heavy (non-hydrogen) atoms. The lowest BCUT2D eigenvalue weighted by Gasteiger charge is -2.22. The average molecular weight is 1250 g/mol. The number of rotatable bonds is 24. The van der Waals surface area contributed by atoms with Gasteiger partial charge in [0.05, 0.1) is 30.5 Å². The number of ether oxygens (including phenoxy) is 2. The normalized spacial score (nSPS) is 11.8. The standard InChI is InChI=1S/C52H49N15O11S6/c1-7-66(8-2)33-16-18-38(60-62-48-36(27-53)46(64-80-48)31-14-20-42(77-5)44(23-31)83(71,72)73)40(25-33)55-50-57-51(59-52(58-50)79-29-30-12-11-13-35(22-30)82(68,69)70)56-41-26-34(67(9-3)10-4)17-19-39(41)61-63-49-37(28-54)47(65-81-49)32-15-21-43(78-6)45(24-32)84(74,75)76/h11-26H,7-10,29H2,1-6H3,(H,68,69,70)(H,71,72,73)(H,74,75,76)(H2,55,56,57,58,59). The van der Waals surface area contributed by atoms with Crippen LogP contribution in [0.5, 0.6) is 11.5 Å². The molecule has 0 unspecified atom stereocenters. The fourth-order valence-corrected chi connectivity index (χ4v) is 12.3. The van der Waals surface area contributed by atoms with Gasteiger partial charge in [0, 0.05) is 54.4 Å². The largest absolute Gasteiger partial charge is 0.495 e. The molecule has 8 rings (SSSR count). The summed E-state index contributed by atoms with van der Waals surface area (Å²) in [4.78, 5) is 17.1. The van der Waals surface area contributed by atoms with Gasteiger partial charge in [-0.1, -0.05) is 23.9 Å². The molecule has 8 aromatic rings. The van der Waals surface area contributed by atoms with Gasteiger partial charge >= 0.3 is 0 Å². The summed E-state index contributed by atoms with van der Waals surface area (Å²) in [5, 5.41) is 45.5. The van der Waals surface area contributed by atoms with Crippen LogP contribution in [0.1, 0.15) is 44.4 Å². The molecular formula is C52H49N15O11S6. The van der Waals surface area contributed by atoms with Gasteiger partial charge in [-0.3, -0.25) is 13.7 Å². The van der Waals surface area contributed by atoms with Crippen LogP contribution in [-0.4, -0.2) is 103 Å². The Kier molecular flexibility index (Phi) is 19.3. The number of hydrogen-bond donors (Lipinski definition) is 5. The maximum atomic E-state index is 12.2. The van der Waals surface area contributed by atoms with Gasteiger partial charge in [-0.2, -0.15) is 59.5 Å². The zero-order valence-electron chi connectivity index (χ0n) is 45.1. The molecule has 0 aliphatic heterocycles. The van der Waals surface area contributed by atoms with E-state index in [4.69, 9.17) is 24.4 Å². The van der Waals surface area contributed by atoms with E-state index in [0.29, 0.717) is 43.1 Å². The van der Waals surface area contributed by atoms with Crippen LogP contribution in [0.4, 0.5) is 56.0 Å². The molecule has 0 bridgehead atoms. The minimum atomic E-state index is -4.73. The first-order valence-corrected chi connectivity index (χ1v) is 31.7. The zero-order valence-corrected chi connectivity index (χ0v) is 50.0. The molecule has 5 aromatic carbocycles. The Morgan fingerprint density at radius 3 is 1.43 bits per heavy atom. The predicted octanol–water partition coefficient (Wildman–Crippen LogP) is 11.9. The molecule has 434 valence electrons. The number of azo groups is 2. The summed E-state index contributed by atoms with van der Waals surface area (Å²) < 4.78 is 122. The van der Waals surface area contributed by atoms with Crippen molar-refractivity contribution in [3.05, 3.63) is 114 Å². The van der Waals surface area contributed by atoms with Crippen molar-refractivity contribution < 1.29 is 48.4 Å². The van der Waals surface area contributed by atoms with Crippen LogP contribution in [0.2, 0.25) is 0 Å². The minimum absolute atomic E-state index is 0.0172. The van der Waals surface area contributed by atoms with Crippen LogP contribution in [-0.2, 0) is 36.1 Å². The maximum absolute atomic E-state index is 12.2. The highest BCUT2D eigenvalue weighted by Gasteiger charge is 2.25. The second-order valence-corrected chi connectivity index (χ2v) is 24.0. The highest BCUT2D eigenvalue weighted by molar-refractivity contribution is 7.98. The SMILES string of the molecule is CCN(CC)c1ccc(N=Nc2snc(-c3ccc(OC)c(S(=O)(=O)O)c3)c2C#N)c(Nc2nc(Nc3cc(N(CC)CC)ccc3N=Nc3snc(-c4ccc(OC)c(S(=O)(=O)O)c4)c3C#N)nc(SCc3cccc(S(=O)(=O)O)c3)n2)c1. The summed E-state index contributed by atoms with van der Waals surface area (Å²) in [5.41, 5.74) is 3.71. The number of nitrogens with one attached hydrogen (secondary N) is 2. The smallest absolute Gasteiger partial charge is 0.298 e. The van der Waals surface area contributed by atoms with E-state index in [1.807, 2.05) is 39.8 Å². The second-order valence-electron chi connectivity index (χ2n) is 17.4. The van der Waals surface area contributed by atoms with E-state index in [9.17, 15) is 49.4 Å². The Morgan fingerprint density at radius 1 is 0.583 bits per heavy atom. The van der Waals surface area contributed by atoms with Crippen molar-refractivity contribution in [3.63, 3.8) is 0 Å². The summed E-state index contributed by atoms with van der Waals surface area (Å²) in [6, 6.07) is 28.4. The third-order valence-corrected chi connectivity index (χ3v) is 17.4. The number of thioether (sulfide) groups is 1. The van der Waals surface area contributed by atoms with Crippen LogP contribution >= 0.6 is 34.8 Å². The topological polar surface area (TPSA) is 374 Å². The van der Waals surface area contributed by atoms with Crippen LogP contribution in [0.3, 0.4) is 0 Å². The van der Waals surface area contributed by atoms with Crippen molar-refractivity contribution in [3.8, 4) is 46.2 Å². The van der Waals surface area contributed by atoms with Crippen LogP contribution in [0.15, 0.2) is 137 Å². The monoisotopic (exact) mass is 1250 g/mol. The first-order chi connectivity index (χ1) is 40.1. The van der Waals surface area contributed by atoms with Gasteiger partial charge in [0.15, 0.2) is 15.2 Å². The molecular weight excluding hydrogens is 1200 g/mol. The van der Waals surface area contributed by atoms with E-state index in [2.05, 4.69) is 61.8 Å². The molecule has 3 heterocycles. The van der Waals surface area contributed by atoms with Gasteiger partial charge in [-0.15, -0.1) is 20.5 Å². The summed E-state index contributed by atoms with van der Waals surface area (Å²) in [7, 11) is -11.5. The van der Waals surface area contributed by atoms with Crippen molar-refractivity contribution in [2.24, 2.45) is 20.5 Å². The highest BCUT2D eigenvalue weighted by Crippen LogP contribution is 2.42. The molecule has 0 aliphatic carbocycles. The van der Waals surface area contributed by atoms with Crippen molar-refractivity contribution >= 4 is 121 Å². The van der Waals surface area contributed by atoms with Gasteiger partial charge in [-0.25, -0.2) is 0 Å². The molecule has 5 N–H and O–H groups in total. The number of anilines is 6. The molecule has 0 atom stereocenters. The average Bonchev–Trinajstić information content (AvgIpc) is 2.71. The number of nitrogens with zero attached hydrogens (tertiary/aromatic N) is 13. The quantitative estimate of drug-likeness (QED) is 0.0213. The Balaban J connectivity index is 1.21. The predicted molar refractivity (Wildman–Crippen MR) is 318 cm³/mol. The fraction of sp³-hybridized carbons (Fsp3) is 0.212. The summed E-state index contributed by atoms with van der Waals surface area (Å²) in [6.07, 6.45) is 0. The molecule has 0 amide bonds. The first kappa shape index (κ1) is 61.5. The molecule has 0 saturated heterocycles. The summed E-state index contributed by atoms with van der Waals surface area (Å²) in [5.74, 6) is -0.150. The number of aromatic nitrogens is 5. The maximum Gasteiger partial charge on any atom is 0.298 e. The second kappa shape index (κ2) is 26.3. The molecule has 0 spiro atoms. The number of hydrogen-bond acceptors (Lipinski definition) is 26. The van der Waals surface area contributed by atoms with Gasteiger partial charge in [0.25, 0.3) is 30.4 Å². The Bertz CT molecular complexity index is 4060. The number of methoxy groups -OCH3 is 2. The number of benzene rings is 5. The molecule has 32 heteroatoms. The molecule has 3 aromatic heterocycles. The van der Waals surface area contributed by atoms with E-state index in [-0.39, 0.29) is 94.2 Å². The van der Waals surface area contributed by atoms with Crippen molar-refractivity contribution in [2.75, 3.05) is 60.8 Å². The third kappa shape index (κ3) is 14.2. The summed E-state index contributed by atoms with van der Waals surface area (Å²) in [6.45, 7) is 10.5. The van der Waals surface area contributed by atoms with Gasteiger partial charge in [-0.05, 0) is 141 Å². The Morgan fingerprint density at radius 2 is 1.04 bits per heavy atom. The zero-order chi connectivity index (χ0) is 60.5. The van der Waals surface area contributed by atoms with E-state index in [1.165, 1.54) is 56.7 Å². The summed E-state index contributed by atoms with van der Waals surface area (Å²) >= 11 is 2.77. The van der Waals surface area contributed by atoms with Crippen molar-refractivity contribution in [1.29, 1.82) is 10.5 Å². The Hall–Kier alpha value is -8.57. The van der Waals surface area contributed by atoms with Gasteiger partial charge in [0.1, 0.15) is 67.3 Å². The molecule has 0 aliphatic rings. The lowest BCUT2D eigenvalue weighted by molar-refractivity contribution is 0.397. The van der Waals surface area contributed by atoms with E-state index < -0.39 is 40.1 Å². The molecule has 0 fully saturated rings. The minimum Gasteiger partial charge on any atom is -0.495 e. The molecule has 26 nitrogen and oxygen atoms in total. The van der Waals surface area contributed by atoms with Crippen LogP contribution < -0.4 is 29.9 Å². The van der Waals surface area contributed by atoms with Crippen LogP contribution in [0.25, 0.3) is 22.5 Å².